The van der Waals surface area contributed by atoms with Crippen molar-refractivity contribution in [2.75, 3.05) is 0 Å². The number of H-pyrrole nitrogens is 2. The average molecular weight is 382 g/mol. The first kappa shape index (κ1) is 17.5. The van der Waals surface area contributed by atoms with Gasteiger partial charge in [-0.15, -0.1) is 0 Å². The van der Waals surface area contributed by atoms with Crippen molar-refractivity contribution < 1.29 is 5.11 Å². The maximum Gasteiger partial charge on any atom is 0.142 e. The maximum absolute atomic E-state index is 11.2. The standard InChI is InChI=1S/C24H22N4O/c1-24(2,3)14-12-15(22-25-17-8-4-5-9-18(17)26-22)21(29)16(13-14)23-27-19-10-6-7-11-20(19)28-23/h4-13,29H,1-3H3,(H,25,26)(H,27,28). The molecule has 0 radical (unpaired) electrons. The molecule has 0 aliphatic rings. The van der Waals surface area contributed by atoms with Crippen molar-refractivity contribution >= 4 is 22.1 Å². The molecule has 0 aliphatic heterocycles. The van der Waals surface area contributed by atoms with Crippen molar-refractivity contribution in [2.24, 2.45) is 0 Å². The third kappa shape index (κ3) is 2.95. The van der Waals surface area contributed by atoms with Gasteiger partial charge in [0.15, 0.2) is 0 Å². The number of benzene rings is 3. The minimum absolute atomic E-state index is 0.102. The van der Waals surface area contributed by atoms with Crippen LogP contribution in [0, 0.1) is 0 Å². The second kappa shape index (κ2) is 6.21. The van der Waals surface area contributed by atoms with Gasteiger partial charge in [0, 0.05) is 0 Å². The van der Waals surface area contributed by atoms with E-state index in [2.05, 4.69) is 30.7 Å². The Kier molecular flexibility index (Phi) is 3.74. The highest BCUT2D eigenvalue weighted by Gasteiger charge is 2.23. The number of phenols is 1. The average Bonchev–Trinajstić information content (AvgIpc) is 3.31. The molecule has 2 aromatic heterocycles. The molecule has 2 heterocycles. The number of imidazole rings is 2. The minimum Gasteiger partial charge on any atom is -0.506 e. The van der Waals surface area contributed by atoms with Crippen LogP contribution >= 0.6 is 0 Å². The van der Waals surface area contributed by atoms with Crippen molar-refractivity contribution in [3.63, 3.8) is 0 Å². The van der Waals surface area contributed by atoms with Gasteiger partial charge in [-0.3, -0.25) is 0 Å². The lowest BCUT2D eigenvalue weighted by Crippen LogP contribution is -2.11. The molecular formula is C24H22N4O. The van der Waals surface area contributed by atoms with E-state index in [9.17, 15) is 5.11 Å². The molecule has 0 saturated carbocycles. The summed E-state index contributed by atoms with van der Waals surface area (Å²) in [5.74, 6) is 1.45. The molecule has 0 bridgehead atoms. The van der Waals surface area contributed by atoms with Crippen LogP contribution in [-0.2, 0) is 5.41 Å². The fraction of sp³-hybridized carbons (Fsp3) is 0.167. The zero-order valence-corrected chi connectivity index (χ0v) is 16.6. The van der Waals surface area contributed by atoms with Crippen LogP contribution in [0.5, 0.6) is 5.75 Å². The predicted molar refractivity (Wildman–Crippen MR) is 117 cm³/mol. The van der Waals surface area contributed by atoms with Crippen LogP contribution in [0.4, 0.5) is 0 Å². The van der Waals surface area contributed by atoms with Crippen molar-refractivity contribution in [3.8, 4) is 28.5 Å². The molecule has 0 amide bonds. The molecule has 0 atom stereocenters. The van der Waals surface area contributed by atoms with E-state index in [-0.39, 0.29) is 11.2 Å². The highest BCUT2D eigenvalue weighted by atomic mass is 16.3. The maximum atomic E-state index is 11.2. The molecule has 3 N–H and O–H groups in total. The Hall–Kier alpha value is -3.60. The van der Waals surface area contributed by atoms with Crippen molar-refractivity contribution in [2.45, 2.75) is 26.2 Å². The van der Waals surface area contributed by atoms with Gasteiger partial charge in [-0.2, -0.15) is 0 Å². The Balaban J connectivity index is 1.77. The molecule has 5 rings (SSSR count). The Morgan fingerprint density at radius 3 is 1.59 bits per heavy atom. The molecular weight excluding hydrogens is 360 g/mol. The van der Waals surface area contributed by atoms with E-state index in [0.29, 0.717) is 22.8 Å². The van der Waals surface area contributed by atoms with Gasteiger partial charge in [-0.05, 0) is 47.4 Å². The number of aromatic hydroxyl groups is 1. The molecule has 5 aromatic rings. The summed E-state index contributed by atoms with van der Waals surface area (Å²) >= 11 is 0. The summed E-state index contributed by atoms with van der Waals surface area (Å²) in [7, 11) is 0. The van der Waals surface area contributed by atoms with Gasteiger partial charge in [-0.25, -0.2) is 9.97 Å². The van der Waals surface area contributed by atoms with Gasteiger partial charge >= 0.3 is 0 Å². The van der Waals surface area contributed by atoms with Crippen LogP contribution in [0.3, 0.4) is 0 Å². The molecule has 0 aliphatic carbocycles. The van der Waals surface area contributed by atoms with E-state index in [1.54, 1.807) is 0 Å². The van der Waals surface area contributed by atoms with E-state index in [4.69, 9.17) is 9.97 Å². The number of aromatic amines is 2. The third-order valence-electron chi connectivity index (χ3n) is 5.26. The first-order chi connectivity index (χ1) is 13.9. The molecule has 29 heavy (non-hydrogen) atoms. The lowest BCUT2D eigenvalue weighted by atomic mass is 9.84. The Morgan fingerprint density at radius 1 is 0.724 bits per heavy atom. The minimum atomic E-state index is -0.102. The summed E-state index contributed by atoms with van der Waals surface area (Å²) in [4.78, 5) is 16.1. The SMILES string of the molecule is CC(C)(C)c1cc(-c2nc3ccccc3[nH]2)c(O)c(-c2nc3ccccc3[nH]2)c1. The second-order valence-corrected chi connectivity index (χ2v) is 8.38. The number of nitrogens with one attached hydrogen (secondary N) is 2. The van der Waals surface area contributed by atoms with E-state index in [1.165, 1.54) is 0 Å². The Labute approximate surface area is 168 Å². The lowest BCUT2D eigenvalue weighted by molar-refractivity contribution is 0.477. The summed E-state index contributed by atoms with van der Waals surface area (Å²) in [5, 5.41) is 11.2. The third-order valence-corrected chi connectivity index (χ3v) is 5.26. The normalized spacial score (nSPS) is 12.1. The van der Waals surface area contributed by atoms with Gasteiger partial charge in [-0.1, -0.05) is 45.0 Å². The largest absolute Gasteiger partial charge is 0.506 e. The van der Waals surface area contributed by atoms with Gasteiger partial charge in [0.2, 0.25) is 0 Å². The first-order valence-corrected chi connectivity index (χ1v) is 9.68. The monoisotopic (exact) mass is 382 g/mol. The Bertz CT molecular complexity index is 1190. The zero-order chi connectivity index (χ0) is 20.2. The fourth-order valence-electron chi connectivity index (χ4n) is 3.59. The zero-order valence-electron chi connectivity index (χ0n) is 16.6. The van der Waals surface area contributed by atoms with Crippen LogP contribution in [0.1, 0.15) is 26.3 Å². The smallest absolute Gasteiger partial charge is 0.142 e. The number of rotatable bonds is 2. The molecule has 5 nitrogen and oxygen atoms in total. The number of phenolic OH excluding ortho intramolecular Hbond substituents is 1. The summed E-state index contributed by atoms with van der Waals surface area (Å²) in [6, 6.07) is 19.8. The molecule has 0 spiro atoms. The van der Waals surface area contributed by atoms with Crippen molar-refractivity contribution in [1.82, 2.24) is 19.9 Å². The highest BCUT2D eigenvalue weighted by Crippen LogP contribution is 2.41. The summed E-state index contributed by atoms with van der Waals surface area (Å²) < 4.78 is 0. The van der Waals surface area contributed by atoms with Crippen LogP contribution in [0.15, 0.2) is 60.7 Å². The van der Waals surface area contributed by atoms with E-state index < -0.39 is 0 Å². The fourth-order valence-corrected chi connectivity index (χ4v) is 3.59. The Morgan fingerprint density at radius 2 is 1.17 bits per heavy atom. The number of para-hydroxylation sites is 4. The van der Waals surface area contributed by atoms with E-state index in [0.717, 1.165) is 27.6 Å². The molecule has 5 heteroatoms. The quantitative estimate of drug-likeness (QED) is 0.362. The lowest BCUT2D eigenvalue weighted by Gasteiger charge is -2.21. The van der Waals surface area contributed by atoms with Gasteiger partial charge in [0.25, 0.3) is 0 Å². The predicted octanol–water partition coefficient (Wildman–Crippen LogP) is 5.78. The topological polar surface area (TPSA) is 77.6 Å². The van der Waals surface area contributed by atoms with Gasteiger partial charge < -0.3 is 15.1 Å². The van der Waals surface area contributed by atoms with Gasteiger partial charge in [0.1, 0.15) is 17.4 Å². The molecule has 144 valence electrons. The van der Waals surface area contributed by atoms with Crippen LogP contribution in [-0.4, -0.2) is 25.0 Å². The van der Waals surface area contributed by atoms with E-state index >= 15 is 0 Å². The second-order valence-electron chi connectivity index (χ2n) is 8.38. The number of hydrogen-bond donors (Lipinski definition) is 3. The number of aromatic nitrogens is 4. The molecule has 3 aromatic carbocycles. The van der Waals surface area contributed by atoms with E-state index in [1.807, 2.05) is 60.7 Å². The van der Waals surface area contributed by atoms with Crippen LogP contribution in [0.25, 0.3) is 44.8 Å². The summed E-state index contributed by atoms with van der Waals surface area (Å²) in [5.41, 5.74) is 5.95. The number of hydrogen-bond acceptors (Lipinski definition) is 3. The molecule has 0 unspecified atom stereocenters. The van der Waals surface area contributed by atoms with Crippen LogP contribution < -0.4 is 0 Å². The van der Waals surface area contributed by atoms with Crippen molar-refractivity contribution in [3.05, 3.63) is 66.2 Å². The van der Waals surface area contributed by atoms with Gasteiger partial charge in [0.05, 0.1) is 33.2 Å². The number of nitrogens with zero attached hydrogens (tertiary/aromatic N) is 2. The van der Waals surface area contributed by atoms with Crippen LogP contribution in [0.2, 0.25) is 0 Å². The summed E-state index contributed by atoms with van der Waals surface area (Å²) in [6.07, 6.45) is 0. The van der Waals surface area contributed by atoms with Crippen molar-refractivity contribution in [1.29, 1.82) is 0 Å². The highest BCUT2D eigenvalue weighted by molar-refractivity contribution is 5.86. The summed E-state index contributed by atoms with van der Waals surface area (Å²) in [6.45, 7) is 6.47. The number of fused-ring (bicyclic) bond motifs is 2. The molecule has 0 saturated heterocycles. The molecule has 0 fully saturated rings. The first-order valence-electron chi connectivity index (χ1n) is 9.68.